The van der Waals surface area contributed by atoms with Crippen molar-refractivity contribution < 1.29 is 9.53 Å². The molecule has 0 radical (unpaired) electrons. The van der Waals surface area contributed by atoms with Crippen LogP contribution in [0.2, 0.25) is 0 Å². The first kappa shape index (κ1) is 15.8. The quantitative estimate of drug-likeness (QED) is 0.785. The molecule has 3 atom stereocenters. The molecular formula is C16H30N2O2. The molecule has 2 aliphatic heterocycles. The largest absolute Gasteiger partial charge is 0.378 e. The van der Waals surface area contributed by atoms with E-state index >= 15 is 0 Å². The Bertz CT molecular complexity index is 290. The molecule has 0 aromatic carbocycles. The van der Waals surface area contributed by atoms with Crippen LogP contribution in [-0.2, 0) is 9.53 Å². The molecule has 2 saturated heterocycles. The van der Waals surface area contributed by atoms with E-state index in [9.17, 15) is 4.79 Å². The number of amides is 1. The minimum atomic E-state index is 0.182. The van der Waals surface area contributed by atoms with Crippen LogP contribution in [0.25, 0.3) is 0 Å². The topological polar surface area (TPSA) is 50.4 Å². The van der Waals surface area contributed by atoms with Gasteiger partial charge in [0.05, 0.1) is 6.10 Å². The fourth-order valence-electron chi connectivity index (χ4n) is 3.39. The van der Waals surface area contributed by atoms with Crippen molar-refractivity contribution in [3.8, 4) is 0 Å². The van der Waals surface area contributed by atoms with Crippen LogP contribution in [0.5, 0.6) is 0 Å². The average molecular weight is 282 g/mol. The summed E-state index contributed by atoms with van der Waals surface area (Å²) < 4.78 is 5.66. The Balaban J connectivity index is 1.61. The molecule has 3 unspecified atom stereocenters. The van der Waals surface area contributed by atoms with Gasteiger partial charge in [0, 0.05) is 25.6 Å². The number of nitrogens with one attached hydrogen (secondary N) is 2. The number of rotatable bonds is 6. The maximum absolute atomic E-state index is 11.9. The second kappa shape index (κ2) is 8.63. The van der Waals surface area contributed by atoms with Crippen LogP contribution in [-0.4, -0.2) is 37.7 Å². The third-order valence-electron chi connectivity index (χ3n) is 4.74. The Morgan fingerprint density at radius 1 is 1.30 bits per heavy atom. The molecule has 2 rings (SSSR count). The second-order valence-corrected chi connectivity index (χ2v) is 6.20. The van der Waals surface area contributed by atoms with Crippen molar-refractivity contribution in [2.45, 2.75) is 70.4 Å². The molecule has 0 aromatic rings. The average Bonchev–Trinajstić information content (AvgIpc) is 2.52. The Kier molecular flexibility index (Phi) is 6.80. The van der Waals surface area contributed by atoms with Gasteiger partial charge in [-0.1, -0.05) is 13.3 Å². The van der Waals surface area contributed by atoms with Crippen LogP contribution in [0.3, 0.4) is 0 Å². The summed E-state index contributed by atoms with van der Waals surface area (Å²) in [5, 5.41) is 6.64. The Hall–Kier alpha value is -0.610. The lowest BCUT2D eigenvalue weighted by molar-refractivity contribution is -0.122. The summed E-state index contributed by atoms with van der Waals surface area (Å²) in [4.78, 5) is 11.9. The van der Waals surface area contributed by atoms with Gasteiger partial charge < -0.3 is 15.4 Å². The van der Waals surface area contributed by atoms with Crippen LogP contribution in [0.1, 0.15) is 58.3 Å². The number of hydrogen-bond acceptors (Lipinski definition) is 3. The molecule has 116 valence electrons. The number of carbonyl (C=O) groups is 1. The van der Waals surface area contributed by atoms with Crippen molar-refractivity contribution in [3.05, 3.63) is 0 Å². The molecule has 0 bridgehead atoms. The SMILES string of the molecule is CCC1CCCNC1CNC(=O)CCC1CCCCO1. The van der Waals surface area contributed by atoms with Gasteiger partial charge in [-0.25, -0.2) is 0 Å². The minimum Gasteiger partial charge on any atom is -0.378 e. The summed E-state index contributed by atoms with van der Waals surface area (Å²) in [6.07, 6.45) is 9.09. The van der Waals surface area contributed by atoms with Gasteiger partial charge >= 0.3 is 0 Å². The van der Waals surface area contributed by atoms with Crippen molar-refractivity contribution in [2.24, 2.45) is 5.92 Å². The molecule has 4 nitrogen and oxygen atoms in total. The van der Waals surface area contributed by atoms with E-state index in [0.717, 1.165) is 32.5 Å². The van der Waals surface area contributed by atoms with Gasteiger partial charge in [-0.05, 0) is 51.0 Å². The summed E-state index contributed by atoms with van der Waals surface area (Å²) >= 11 is 0. The fourth-order valence-corrected chi connectivity index (χ4v) is 3.39. The first-order valence-electron chi connectivity index (χ1n) is 8.41. The highest BCUT2D eigenvalue weighted by Gasteiger charge is 2.23. The predicted molar refractivity (Wildman–Crippen MR) is 80.6 cm³/mol. The molecule has 1 amide bonds. The molecule has 0 aromatic heterocycles. The van der Waals surface area contributed by atoms with Crippen LogP contribution in [0, 0.1) is 5.92 Å². The van der Waals surface area contributed by atoms with E-state index in [2.05, 4.69) is 17.6 Å². The van der Waals surface area contributed by atoms with Crippen molar-refractivity contribution >= 4 is 5.91 Å². The number of ether oxygens (including phenoxy) is 1. The molecule has 2 aliphatic rings. The number of piperidine rings is 1. The minimum absolute atomic E-state index is 0.182. The van der Waals surface area contributed by atoms with E-state index < -0.39 is 0 Å². The monoisotopic (exact) mass is 282 g/mol. The molecular weight excluding hydrogens is 252 g/mol. The van der Waals surface area contributed by atoms with Crippen molar-refractivity contribution in [2.75, 3.05) is 19.7 Å². The number of carbonyl (C=O) groups excluding carboxylic acids is 1. The van der Waals surface area contributed by atoms with E-state index in [4.69, 9.17) is 4.74 Å². The van der Waals surface area contributed by atoms with Crippen molar-refractivity contribution in [3.63, 3.8) is 0 Å². The van der Waals surface area contributed by atoms with Gasteiger partial charge in [-0.3, -0.25) is 4.79 Å². The third-order valence-corrected chi connectivity index (χ3v) is 4.74. The molecule has 2 N–H and O–H groups in total. The lowest BCUT2D eigenvalue weighted by Gasteiger charge is -2.32. The first-order valence-corrected chi connectivity index (χ1v) is 8.41. The summed E-state index contributed by atoms with van der Waals surface area (Å²) in [6, 6.07) is 0.462. The Morgan fingerprint density at radius 3 is 2.95 bits per heavy atom. The van der Waals surface area contributed by atoms with E-state index in [1.165, 1.54) is 32.1 Å². The normalized spacial score (nSPS) is 30.9. The lowest BCUT2D eigenvalue weighted by atomic mass is 9.88. The van der Waals surface area contributed by atoms with Gasteiger partial charge in [0.15, 0.2) is 0 Å². The summed E-state index contributed by atoms with van der Waals surface area (Å²) in [5.41, 5.74) is 0. The summed E-state index contributed by atoms with van der Waals surface area (Å²) in [6.45, 7) is 4.99. The number of hydrogen-bond donors (Lipinski definition) is 2. The predicted octanol–water partition coefficient (Wildman–Crippen LogP) is 2.23. The highest BCUT2D eigenvalue weighted by atomic mass is 16.5. The Morgan fingerprint density at radius 2 is 2.20 bits per heavy atom. The summed E-state index contributed by atoms with van der Waals surface area (Å²) in [5.74, 6) is 0.895. The highest BCUT2D eigenvalue weighted by Crippen LogP contribution is 2.19. The zero-order valence-electron chi connectivity index (χ0n) is 12.8. The van der Waals surface area contributed by atoms with Gasteiger partial charge in [-0.2, -0.15) is 0 Å². The van der Waals surface area contributed by atoms with Gasteiger partial charge in [0.25, 0.3) is 0 Å². The maximum atomic E-state index is 11.9. The van der Waals surface area contributed by atoms with Crippen LogP contribution in [0.15, 0.2) is 0 Å². The lowest BCUT2D eigenvalue weighted by Crippen LogP contribution is -2.48. The molecule has 4 heteroatoms. The van der Waals surface area contributed by atoms with Crippen molar-refractivity contribution in [1.82, 2.24) is 10.6 Å². The zero-order chi connectivity index (χ0) is 14.2. The van der Waals surface area contributed by atoms with Gasteiger partial charge in [0.2, 0.25) is 5.91 Å². The molecule has 2 heterocycles. The highest BCUT2D eigenvalue weighted by molar-refractivity contribution is 5.75. The van der Waals surface area contributed by atoms with Crippen LogP contribution in [0.4, 0.5) is 0 Å². The maximum Gasteiger partial charge on any atom is 0.220 e. The smallest absolute Gasteiger partial charge is 0.220 e. The molecule has 0 aliphatic carbocycles. The van der Waals surface area contributed by atoms with Gasteiger partial charge in [-0.15, -0.1) is 0 Å². The van der Waals surface area contributed by atoms with Gasteiger partial charge in [0.1, 0.15) is 0 Å². The van der Waals surface area contributed by atoms with E-state index in [1.807, 2.05) is 0 Å². The van der Waals surface area contributed by atoms with E-state index in [-0.39, 0.29) is 5.91 Å². The fraction of sp³-hybridized carbons (Fsp3) is 0.938. The molecule has 2 fully saturated rings. The van der Waals surface area contributed by atoms with Crippen molar-refractivity contribution in [1.29, 1.82) is 0 Å². The van der Waals surface area contributed by atoms with Crippen LogP contribution >= 0.6 is 0 Å². The zero-order valence-corrected chi connectivity index (χ0v) is 12.8. The third kappa shape index (κ3) is 5.06. The summed E-state index contributed by atoms with van der Waals surface area (Å²) in [7, 11) is 0. The standard InChI is InChI=1S/C16H30N2O2/c1-2-13-6-5-10-17-15(13)12-18-16(19)9-8-14-7-3-4-11-20-14/h13-15,17H,2-12H2,1H3,(H,18,19). The Labute approximate surface area is 123 Å². The van der Waals surface area contributed by atoms with E-state index in [0.29, 0.717) is 24.5 Å². The molecule has 0 saturated carbocycles. The first-order chi connectivity index (χ1) is 9.79. The second-order valence-electron chi connectivity index (χ2n) is 6.20. The molecule has 0 spiro atoms. The molecule has 20 heavy (non-hydrogen) atoms. The van der Waals surface area contributed by atoms with Crippen LogP contribution < -0.4 is 10.6 Å². The van der Waals surface area contributed by atoms with E-state index in [1.54, 1.807) is 0 Å².